The smallest absolute Gasteiger partial charge is 0.128 e. The second-order valence-electron chi connectivity index (χ2n) is 2.45. The Kier molecular flexibility index (Phi) is 3.76. The number of hydrogen-bond donors (Lipinski definition) is 0. The third-order valence-corrected chi connectivity index (χ3v) is 2.54. The van der Waals surface area contributed by atoms with Crippen LogP contribution >= 0.6 is 27.5 Å². The fraction of sp³-hybridized carbons (Fsp3) is 0.222. The van der Waals surface area contributed by atoms with Gasteiger partial charge >= 0.3 is 0 Å². The van der Waals surface area contributed by atoms with Crippen LogP contribution in [-0.2, 0) is 4.79 Å². The van der Waals surface area contributed by atoms with E-state index in [1.807, 2.05) is 18.2 Å². The van der Waals surface area contributed by atoms with E-state index in [1.165, 1.54) is 0 Å². The highest BCUT2D eigenvalue weighted by Gasteiger charge is 2.07. The summed E-state index contributed by atoms with van der Waals surface area (Å²) < 4.78 is 0. The maximum atomic E-state index is 10.6. The van der Waals surface area contributed by atoms with Crippen molar-refractivity contribution in [1.29, 1.82) is 0 Å². The first kappa shape index (κ1) is 9.75. The van der Waals surface area contributed by atoms with Crippen LogP contribution in [0.5, 0.6) is 0 Å². The Morgan fingerprint density at radius 1 is 1.58 bits per heavy atom. The fourth-order valence-electron chi connectivity index (χ4n) is 0.941. The van der Waals surface area contributed by atoms with Gasteiger partial charge in [0.25, 0.3) is 0 Å². The van der Waals surface area contributed by atoms with E-state index in [0.717, 1.165) is 11.8 Å². The molecule has 0 fully saturated rings. The molecule has 0 saturated carbocycles. The third kappa shape index (κ3) is 2.32. The normalized spacial score (nSPS) is 12.5. The zero-order chi connectivity index (χ0) is 8.97. The molecule has 0 heterocycles. The molecular formula is C9H8BrClO. The van der Waals surface area contributed by atoms with Gasteiger partial charge in [-0.1, -0.05) is 39.7 Å². The second-order valence-corrected chi connectivity index (χ2v) is 3.54. The quantitative estimate of drug-likeness (QED) is 0.593. The average Bonchev–Trinajstić information content (AvgIpc) is 2.07. The number of carbonyl (C=O) groups excluding carboxylic acids is 1. The van der Waals surface area contributed by atoms with E-state index in [2.05, 4.69) is 15.9 Å². The van der Waals surface area contributed by atoms with E-state index in [-0.39, 0.29) is 5.92 Å². The molecule has 1 aromatic carbocycles. The minimum Gasteiger partial charge on any atom is -0.303 e. The number of hydrogen-bond acceptors (Lipinski definition) is 1. The zero-order valence-electron chi connectivity index (χ0n) is 6.34. The summed E-state index contributed by atoms with van der Waals surface area (Å²) >= 11 is 9.03. The summed E-state index contributed by atoms with van der Waals surface area (Å²) in [5.41, 5.74) is 0.953. The van der Waals surface area contributed by atoms with Crippen LogP contribution in [0.2, 0.25) is 5.02 Å². The van der Waals surface area contributed by atoms with E-state index in [1.54, 1.807) is 6.07 Å². The molecule has 1 atom stereocenters. The molecule has 0 aliphatic carbocycles. The monoisotopic (exact) mass is 246 g/mol. The molecule has 0 N–H and O–H groups in total. The predicted octanol–water partition coefficient (Wildman–Crippen LogP) is 3.02. The van der Waals surface area contributed by atoms with Crippen LogP contribution < -0.4 is 0 Å². The summed E-state index contributed by atoms with van der Waals surface area (Å²) in [6, 6.07) is 7.34. The SMILES string of the molecule is O=CC(CBr)c1cccc(Cl)c1. The molecule has 0 radical (unpaired) electrons. The molecule has 0 aromatic heterocycles. The van der Waals surface area contributed by atoms with Crippen LogP contribution in [0, 0.1) is 0 Å². The van der Waals surface area contributed by atoms with Gasteiger partial charge in [0.05, 0.1) is 0 Å². The molecule has 1 aromatic rings. The molecule has 0 aliphatic heterocycles. The van der Waals surface area contributed by atoms with E-state index in [0.29, 0.717) is 10.4 Å². The summed E-state index contributed by atoms with van der Waals surface area (Å²) in [6.45, 7) is 0. The van der Waals surface area contributed by atoms with Crippen molar-refractivity contribution in [3.8, 4) is 0 Å². The number of halogens is 2. The lowest BCUT2D eigenvalue weighted by Crippen LogP contribution is -2.00. The van der Waals surface area contributed by atoms with E-state index in [9.17, 15) is 4.79 Å². The van der Waals surface area contributed by atoms with Gasteiger partial charge in [-0.2, -0.15) is 0 Å². The highest BCUT2D eigenvalue weighted by Crippen LogP contribution is 2.19. The molecule has 1 unspecified atom stereocenters. The lowest BCUT2D eigenvalue weighted by Gasteiger charge is -2.05. The van der Waals surface area contributed by atoms with Crippen LogP contribution in [0.3, 0.4) is 0 Å². The van der Waals surface area contributed by atoms with Gasteiger partial charge < -0.3 is 4.79 Å². The average molecular weight is 248 g/mol. The van der Waals surface area contributed by atoms with Gasteiger partial charge in [-0.05, 0) is 17.7 Å². The van der Waals surface area contributed by atoms with Gasteiger partial charge in [-0.15, -0.1) is 0 Å². The second kappa shape index (κ2) is 4.63. The summed E-state index contributed by atoms with van der Waals surface area (Å²) in [7, 11) is 0. The summed E-state index contributed by atoms with van der Waals surface area (Å²) in [6.07, 6.45) is 0.917. The van der Waals surface area contributed by atoms with Crippen molar-refractivity contribution >= 4 is 33.8 Å². The van der Waals surface area contributed by atoms with Crippen molar-refractivity contribution in [3.63, 3.8) is 0 Å². The number of aldehydes is 1. The molecule has 0 aliphatic rings. The van der Waals surface area contributed by atoms with Crippen LogP contribution in [0.15, 0.2) is 24.3 Å². The molecule has 1 rings (SSSR count). The zero-order valence-corrected chi connectivity index (χ0v) is 8.68. The summed E-state index contributed by atoms with van der Waals surface area (Å²) in [4.78, 5) is 10.6. The summed E-state index contributed by atoms with van der Waals surface area (Å²) in [5, 5.41) is 1.30. The van der Waals surface area contributed by atoms with E-state index >= 15 is 0 Å². The summed E-state index contributed by atoms with van der Waals surface area (Å²) in [5.74, 6) is -0.0938. The van der Waals surface area contributed by atoms with Gasteiger partial charge in [0.15, 0.2) is 0 Å². The van der Waals surface area contributed by atoms with E-state index in [4.69, 9.17) is 11.6 Å². The Balaban J connectivity index is 2.93. The van der Waals surface area contributed by atoms with Crippen molar-refractivity contribution in [2.24, 2.45) is 0 Å². The first-order valence-corrected chi connectivity index (χ1v) is 5.04. The number of benzene rings is 1. The fourth-order valence-corrected chi connectivity index (χ4v) is 1.67. The molecular weight excluding hydrogens is 239 g/mol. The Bertz CT molecular complexity index is 275. The highest BCUT2D eigenvalue weighted by atomic mass is 79.9. The van der Waals surface area contributed by atoms with Gasteiger partial charge in [0, 0.05) is 16.3 Å². The van der Waals surface area contributed by atoms with Crippen molar-refractivity contribution in [2.45, 2.75) is 5.92 Å². The van der Waals surface area contributed by atoms with Crippen molar-refractivity contribution < 1.29 is 4.79 Å². The van der Waals surface area contributed by atoms with Gasteiger partial charge in [-0.3, -0.25) is 0 Å². The standard InChI is InChI=1S/C9H8BrClO/c10-5-8(6-12)7-2-1-3-9(11)4-7/h1-4,6,8H,5H2. The van der Waals surface area contributed by atoms with Gasteiger partial charge in [0.2, 0.25) is 0 Å². The molecule has 0 amide bonds. The first-order valence-electron chi connectivity index (χ1n) is 3.54. The molecule has 64 valence electrons. The molecule has 0 bridgehead atoms. The van der Waals surface area contributed by atoms with Gasteiger partial charge in [-0.25, -0.2) is 0 Å². The minimum atomic E-state index is -0.0938. The Labute approximate surface area is 84.9 Å². The van der Waals surface area contributed by atoms with Crippen LogP contribution in [-0.4, -0.2) is 11.6 Å². The highest BCUT2D eigenvalue weighted by molar-refractivity contribution is 9.09. The molecule has 12 heavy (non-hydrogen) atoms. The lowest BCUT2D eigenvalue weighted by atomic mass is 10.0. The Hall–Kier alpha value is -0.340. The van der Waals surface area contributed by atoms with Gasteiger partial charge in [0.1, 0.15) is 6.29 Å². The minimum absolute atomic E-state index is 0.0938. The van der Waals surface area contributed by atoms with Crippen LogP contribution in [0.4, 0.5) is 0 Å². The first-order chi connectivity index (χ1) is 5.77. The van der Waals surface area contributed by atoms with Crippen molar-refractivity contribution in [2.75, 3.05) is 5.33 Å². The van der Waals surface area contributed by atoms with Crippen LogP contribution in [0.1, 0.15) is 11.5 Å². The maximum absolute atomic E-state index is 10.6. The third-order valence-electron chi connectivity index (χ3n) is 1.61. The van der Waals surface area contributed by atoms with Crippen molar-refractivity contribution in [1.82, 2.24) is 0 Å². The van der Waals surface area contributed by atoms with Crippen molar-refractivity contribution in [3.05, 3.63) is 34.9 Å². The molecule has 1 nitrogen and oxygen atoms in total. The predicted molar refractivity (Wildman–Crippen MR) is 54.1 cm³/mol. The molecule has 0 spiro atoms. The lowest BCUT2D eigenvalue weighted by molar-refractivity contribution is -0.108. The Morgan fingerprint density at radius 3 is 2.83 bits per heavy atom. The number of carbonyl (C=O) groups is 1. The van der Waals surface area contributed by atoms with E-state index < -0.39 is 0 Å². The molecule has 0 saturated heterocycles. The molecule has 3 heteroatoms. The number of rotatable bonds is 3. The number of alkyl halides is 1. The van der Waals surface area contributed by atoms with Crippen LogP contribution in [0.25, 0.3) is 0 Å². The topological polar surface area (TPSA) is 17.1 Å². The largest absolute Gasteiger partial charge is 0.303 e. The maximum Gasteiger partial charge on any atom is 0.128 e. The Morgan fingerprint density at radius 2 is 2.33 bits per heavy atom.